The molecule has 0 saturated heterocycles. The summed E-state index contributed by atoms with van der Waals surface area (Å²) in [4.78, 5) is 10.8. The van der Waals surface area contributed by atoms with Gasteiger partial charge in [-0.15, -0.1) is 0 Å². The van der Waals surface area contributed by atoms with Crippen LogP contribution < -0.4 is 11.5 Å². The van der Waals surface area contributed by atoms with Gasteiger partial charge >= 0.3 is 5.97 Å². The Morgan fingerprint density at radius 2 is 2.17 bits per heavy atom. The smallest absolute Gasteiger partial charge is 0.333 e. The third-order valence-corrected chi connectivity index (χ3v) is 1.26. The Kier molecular flexibility index (Phi) is 5.32. The summed E-state index contributed by atoms with van der Waals surface area (Å²) >= 11 is 0. The lowest BCUT2D eigenvalue weighted by Gasteiger charge is -2.05. The van der Waals surface area contributed by atoms with E-state index in [9.17, 15) is 4.79 Å². The van der Waals surface area contributed by atoms with Crippen LogP contribution in [0.1, 0.15) is 19.8 Å². The van der Waals surface area contributed by atoms with Crippen LogP contribution in [-0.2, 0) is 9.53 Å². The molecule has 0 amide bonds. The maximum Gasteiger partial charge on any atom is 0.333 e. The van der Waals surface area contributed by atoms with Crippen LogP contribution in [0.5, 0.6) is 0 Å². The fourth-order valence-corrected chi connectivity index (χ4v) is 0.607. The van der Waals surface area contributed by atoms with Crippen molar-refractivity contribution < 1.29 is 9.53 Å². The van der Waals surface area contributed by atoms with Gasteiger partial charge in [0.25, 0.3) is 0 Å². The number of ether oxygens (including phenoxy) is 1. The molecule has 0 saturated carbocycles. The van der Waals surface area contributed by atoms with Crippen LogP contribution in [0.25, 0.3) is 0 Å². The number of rotatable bonds is 5. The molecule has 0 heterocycles. The number of carbonyl (C=O) groups excluding carboxylic acids is 1. The average Bonchev–Trinajstić information content (AvgIpc) is 1.97. The molecule has 70 valence electrons. The monoisotopic (exact) mass is 172 g/mol. The highest BCUT2D eigenvalue weighted by molar-refractivity contribution is 5.86. The highest BCUT2D eigenvalue weighted by Crippen LogP contribution is 1.95. The number of carbonyl (C=O) groups is 1. The standard InChI is InChI=1S/C8H16N2O2/c1-6(2)8(11)12-5-3-4-7(9)10/h7H,1,3-5,9-10H2,2H3. The topological polar surface area (TPSA) is 78.3 Å². The fraction of sp³-hybridized carbons (Fsp3) is 0.625. The van der Waals surface area contributed by atoms with Gasteiger partial charge < -0.3 is 16.2 Å². The molecule has 0 spiro atoms. The predicted octanol–water partition coefficient (Wildman–Crippen LogP) is 0.129. The van der Waals surface area contributed by atoms with Crippen molar-refractivity contribution >= 4 is 5.97 Å². The summed E-state index contributed by atoms with van der Waals surface area (Å²) in [6.07, 6.45) is 1.02. The van der Waals surface area contributed by atoms with Crippen molar-refractivity contribution in [2.75, 3.05) is 6.61 Å². The largest absolute Gasteiger partial charge is 0.462 e. The SMILES string of the molecule is C=C(C)C(=O)OCCCC(N)N. The Hall–Kier alpha value is -0.870. The van der Waals surface area contributed by atoms with Crippen molar-refractivity contribution in [2.45, 2.75) is 25.9 Å². The molecule has 0 radical (unpaired) electrons. The zero-order valence-corrected chi connectivity index (χ0v) is 7.38. The molecule has 0 bridgehead atoms. The predicted molar refractivity (Wildman–Crippen MR) is 47.2 cm³/mol. The van der Waals surface area contributed by atoms with E-state index in [-0.39, 0.29) is 12.1 Å². The Morgan fingerprint density at radius 3 is 2.58 bits per heavy atom. The van der Waals surface area contributed by atoms with Gasteiger partial charge in [0, 0.05) is 5.57 Å². The van der Waals surface area contributed by atoms with Crippen molar-refractivity contribution in [2.24, 2.45) is 11.5 Å². The summed E-state index contributed by atoms with van der Waals surface area (Å²) in [5.41, 5.74) is 11.0. The summed E-state index contributed by atoms with van der Waals surface area (Å²) < 4.78 is 4.80. The second-order valence-electron chi connectivity index (χ2n) is 2.72. The van der Waals surface area contributed by atoms with Gasteiger partial charge in [-0.1, -0.05) is 6.58 Å². The van der Waals surface area contributed by atoms with Crippen LogP contribution in [0.15, 0.2) is 12.2 Å². The number of hydrogen-bond acceptors (Lipinski definition) is 4. The Morgan fingerprint density at radius 1 is 1.58 bits per heavy atom. The lowest BCUT2D eigenvalue weighted by molar-refractivity contribution is -0.139. The minimum Gasteiger partial charge on any atom is -0.462 e. The van der Waals surface area contributed by atoms with E-state index in [1.807, 2.05) is 0 Å². The van der Waals surface area contributed by atoms with Gasteiger partial charge in [-0.2, -0.15) is 0 Å². The van der Waals surface area contributed by atoms with Crippen molar-refractivity contribution in [3.05, 3.63) is 12.2 Å². The summed E-state index contributed by atoms with van der Waals surface area (Å²) in [5.74, 6) is -0.361. The van der Waals surface area contributed by atoms with Crippen LogP contribution >= 0.6 is 0 Å². The van der Waals surface area contributed by atoms with E-state index in [0.717, 1.165) is 0 Å². The molecule has 0 aliphatic rings. The van der Waals surface area contributed by atoms with Gasteiger partial charge in [0.05, 0.1) is 12.8 Å². The van der Waals surface area contributed by atoms with Gasteiger partial charge in [-0.05, 0) is 19.8 Å². The van der Waals surface area contributed by atoms with Crippen LogP contribution in [0.3, 0.4) is 0 Å². The first-order valence-electron chi connectivity index (χ1n) is 3.88. The molecule has 0 fully saturated rings. The van der Waals surface area contributed by atoms with E-state index in [2.05, 4.69) is 6.58 Å². The van der Waals surface area contributed by atoms with Gasteiger partial charge in [0.2, 0.25) is 0 Å². The molecule has 12 heavy (non-hydrogen) atoms. The molecular formula is C8H16N2O2. The maximum absolute atomic E-state index is 10.8. The molecule has 0 rings (SSSR count). The van der Waals surface area contributed by atoms with Gasteiger partial charge in [-0.25, -0.2) is 4.79 Å². The quantitative estimate of drug-likeness (QED) is 0.267. The van der Waals surface area contributed by atoms with E-state index in [1.54, 1.807) is 6.92 Å². The minimum atomic E-state index is -0.361. The van der Waals surface area contributed by atoms with E-state index in [4.69, 9.17) is 16.2 Å². The normalized spacial score (nSPS) is 10.0. The molecule has 0 unspecified atom stereocenters. The van der Waals surface area contributed by atoms with Crippen molar-refractivity contribution in [3.8, 4) is 0 Å². The lowest BCUT2D eigenvalue weighted by atomic mass is 10.3. The zero-order valence-electron chi connectivity index (χ0n) is 7.38. The summed E-state index contributed by atoms with van der Waals surface area (Å²) in [5, 5.41) is 0. The molecule has 4 nitrogen and oxygen atoms in total. The van der Waals surface area contributed by atoms with Gasteiger partial charge in [0.15, 0.2) is 0 Å². The number of hydrogen-bond donors (Lipinski definition) is 2. The summed E-state index contributed by atoms with van der Waals surface area (Å²) in [6, 6.07) is 0. The Labute approximate surface area is 72.6 Å². The van der Waals surface area contributed by atoms with E-state index in [1.165, 1.54) is 0 Å². The van der Waals surface area contributed by atoms with E-state index < -0.39 is 0 Å². The molecule has 0 aliphatic heterocycles. The van der Waals surface area contributed by atoms with E-state index in [0.29, 0.717) is 25.0 Å². The Bertz CT molecular complexity index is 166. The van der Waals surface area contributed by atoms with Gasteiger partial charge in [0.1, 0.15) is 0 Å². The van der Waals surface area contributed by atoms with Crippen LogP contribution in [-0.4, -0.2) is 18.7 Å². The van der Waals surface area contributed by atoms with Crippen LogP contribution in [0.4, 0.5) is 0 Å². The average molecular weight is 172 g/mol. The lowest BCUT2D eigenvalue weighted by Crippen LogP contribution is -2.30. The van der Waals surface area contributed by atoms with Gasteiger partial charge in [-0.3, -0.25) is 0 Å². The third kappa shape index (κ3) is 5.88. The van der Waals surface area contributed by atoms with E-state index >= 15 is 0 Å². The number of nitrogens with two attached hydrogens (primary N) is 2. The second kappa shape index (κ2) is 5.74. The first-order valence-corrected chi connectivity index (χ1v) is 3.88. The maximum atomic E-state index is 10.8. The molecular weight excluding hydrogens is 156 g/mol. The van der Waals surface area contributed by atoms with Crippen molar-refractivity contribution in [1.29, 1.82) is 0 Å². The molecule has 0 aromatic heterocycles. The summed E-state index contributed by atoms with van der Waals surface area (Å²) in [7, 11) is 0. The molecule has 0 aromatic carbocycles. The van der Waals surface area contributed by atoms with Crippen LogP contribution in [0, 0.1) is 0 Å². The van der Waals surface area contributed by atoms with Crippen molar-refractivity contribution in [1.82, 2.24) is 0 Å². The summed E-state index contributed by atoms with van der Waals surface area (Å²) in [6.45, 7) is 5.41. The third-order valence-electron chi connectivity index (χ3n) is 1.26. The second-order valence-corrected chi connectivity index (χ2v) is 2.72. The first kappa shape index (κ1) is 11.1. The Balaban J connectivity index is 3.32. The molecule has 0 aromatic rings. The number of esters is 1. The molecule has 0 atom stereocenters. The van der Waals surface area contributed by atoms with Crippen molar-refractivity contribution in [3.63, 3.8) is 0 Å². The first-order chi connectivity index (χ1) is 5.54. The fourth-order valence-electron chi connectivity index (χ4n) is 0.607. The minimum absolute atomic E-state index is 0.325. The molecule has 4 N–H and O–H groups in total. The van der Waals surface area contributed by atoms with Crippen LogP contribution in [0.2, 0.25) is 0 Å². The molecule has 4 heteroatoms. The zero-order chi connectivity index (χ0) is 9.56. The highest BCUT2D eigenvalue weighted by atomic mass is 16.5. The highest BCUT2D eigenvalue weighted by Gasteiger charge is 2.02. The molecule has 0 aliphatic carbocycles.